The van der Waals surface area contributed by atoms with Crippen LogP contribution in [0.4, 0.5) is 4.39 Å². The molecule has 7 rings (SSSR count). The molecule has 37 heavy (non-hydrogen) atoms. The largest absolute Gasteiger partial charge is 0.458 e. The van der Waals surface area contributed by atoms with Crippen LogP contribution in [0.3, 0.4) is 0 Å². The van der Waals surface area contributed by atoms with Gasteiger partial charge in [-0.25, -0.2) is 14.2 Å². The van der Waals surface area contributed by atoms with Crippen LogP contribution < -0.4 is 5.56 Å². The Labute approximate surface area is 210 Å². The number of esters is 1. The SMILES string of the molecule is Cc1c(F)cc2nc3c(c4c2c1CC[C@@H]4N1CC[C@@H](O)C1=O)Cn1c-3cc2c(c1=O)COC(=O)[C@@]2(C)O. The lowest BCUT2D eigenvalue weighted by Crippen LogP contribution is -2.42. The van der Waals surface area contributed by atoms with Crippen molar-refractivity contribution >= 4 is 22.8 Å². The number of aromatic nitrogens is 2. The van der Waals surface area contributed by atoms with Gasteiger partial charge in [0, 0.05) is 29.1 Å². The molecule has 1 aromatic carbocycles. The third-order valence-corrected chi connectivity index (χ3v) is 8.56. The third kappa shape index (κ3) is 2.79. The number of aliphatic hydroxyl groups excluding tert-OH is 1. The van der Waals surface area contributed by atoms with E-state index in [0.717, 1.165) is 22.1 Å². The first-order valence-corrected chi connectivity index (χ1v) is 12.4. The Morgan fingerprint density at radius 1 is 1.16 bits per heavy atom. The first-order chi connectivity index (χ1) is 17.6. The summed E-state index contributed by atoms with van der Waals surface area (Å²) in [6.45, 7) is 3.38. The summed E-state index contributed by atoms with van der Waals surface area (Å²) >= 11 is 0. The normalized spacial score (nSPS) is 25.8. The summed E-state index contributed by atoms with van der Waals surface area (Å²) in [6.07, 6.45) is 0.409. The molecule has 9 nitrogen and oxygen atoms in total. The maximum absolute atomic E-state index is 15.0. The highest BCUT2D eigenvalue weighted by atomic mass is 19.1. The van der Waals surface area contributed by atoms with Gasteiger partial charge in [-0.15, -0.1) is 0 Å². The Kier molecular flexibility index (Phi) is 4.41. The lowest BCUT2D eigenvalue weighted by Gasteiger charge is -2.35. The fourth-order valence-electron chi connectivity index (χ4n) is 6.59. The zero-order valence-electron chi connectivity index (χ0n) is 20.3. The van der Waals surface area contributed by atoms with Crippen molar-refractivity contribution in [3.05, 3.63) is 61.7 Å². The number of aryl methyl sites for hydroxylation is 1. The molecule has 1 aliphatic carbocycles. The fourth-order valence-corrected chi connectivity index (χ4v) is 6.59. The summed E-state index contributed by atoms with van der Waals surface area (Å²) in [5.74, 6) is -1.54. The number of fused-ring (bicyclic) bond motifs is 5. The number of benzene rings is 1. The maximum Gasteiger partial charge on any atom is 0.342 e. The summed E-state index contributed by atoms with van der Waals surface area (Å²) in [5.41, 5.74) is 2.27. The van der Waals surface area contributed by atoms with E-state index in [9.17, 15) is 29.0 Å². The standard InChI is InChI=1S/C27H24FN3O6/c1-11-12-3-4-18(30-6-5-20(32)25(30)34)22-13-9-31-19(23(13)29-17(21(12)22)8-16(11)28)7-15-14(24(31)33)10-37-26(35)27(15,2)36/h7-8,18,20,32,36H,3-6,9-10H2,1-2H3/t18-,20+,27-/m0/s1. The Bertz CT molecular complexity index is 1660. The van der Waals surface area contributed by atoms with Gasteiger partial charge in [0.1, 0.15) is 18.5 Å². The molecule has 5 heterocycles. The average Bonchev–Trinajstić information content (AvgIpc) is 3.40. The molecule has 1 amide bonds. The zero-order chi connectivity index (χ0) is 26.0. The molecular formula is C27H24FN3O6. The van der Waals surface area contributed by atoms with Crippen LogP contribution in [0, 0.1) is 12.7 Å². The molecule has 1 saturated heterocycles. The number of amides is 1. The van der Waals surface area contributed by atoms with Gasteiger partial charge in [0.25, 0.3) is 11.5 Å². The summed E-state index contributed by atoms with van der Waals surface area (Å²) < 4.78 is 21.6. The fraction of sp³-hybridized carbons (Fsp3) is 0.407. The lowest BCUT2D eigenvalue weighted by atomic mass is 9.81. The molecule has 3 atom stereocenters. The summed E-state index contributed by atoms with van der Waals surface area (Å²) in [6, 6.07) is 2.63. The molecule has 4 aliphatic rings. The molecule has 0 saturated carbocycles. The van der Waals surface area contributed by atoms with E-state index < -0.39 is 23.2 Å². The van der Waals surface area contributed by atoms with E-state index in [-0.39, 0.29) is 42.0 Å². The minimum Gasteiger partial charge on any atom is -0.458 e. The van der Waals surface area contributed by atoms with Crippen LogP contribution in [-0.2, 0) is 39.5 Å². The number of nitrogens with zero attached hydrogens (tertiary/aromatic N) is 3. The predicted octanol–water partition coefficient (Wildman–Crippen LogP) is 1.72. The van der Waals surface area contributed by atoms with Crippen LogP contribution >= 0.6 is 0 Å². The molecule has 1 fully saturated rings. The minimum atomic E-state index is -1.99. The number of ether oxygens (including phenoxy) is 1. The number of pyridine rings is 2. The van der Waals surface area contributed by atoms with Gasteiger partial charge in [0.2, 0.25) is 0 Å². The average molecular weight is 506 g/mol. The van der Waals surface area contributed by atoms with Gasteiger partial charge in [0.05, 0.1) is 35.1 Å². The molecule has 0 bridgehead atoms. The lowest BCUT2D eigenvalue weighted by molar-refractivity contribution is -0.169. The van der Waals surface area contributed by atoms with Gasteiger partial charge >= 0.3 is 5.97 Å². The smallest absolute Gasteiger partial charge is 0.342 e. The van der Waals surface area contributed by atoms with Crippen molar-refractivity contribution in [2.45, 2.75) is 64.0 Å². The minimum absolute atomic E-state index is 0.175. The highest BCUT2D eigenvalue weighted by Crippen LogP contribution is 2.47. The van der Waals surface area contributed by atoms with E-state index in [1.165, 1.54) is 17.6 Å². The van der Waals surface area contributed by atoms with Gasteiger partial charge in [-0.05, 0) is 55.9 Å². The van der Waals surface area contributed by atoms with Crippen molar-refractivity contribution in [2.24, 2.45) is 0 Å². The Balaban J connectivity index is 1.53. The van der Waals surface area contributed by atoms with Crippen LogP contribution in [0.5, 0.6) is 0 Å². The van der Waals surface area contributed by atoms with E-state index in [1.807, 2.05) is 0 Å². The van der Waals surface area contributed by atoms with Crippen LogP contribution in [0.1, 0.15) is 59.2 Å². The predicted molar refractivity (Wildman–Crippen MR) is 128 cm³/mol. The van der Waals surface area contributed by atoms with Crippen LogP contribution in [0.2, 0.25) is 0 Å². The monoisotopic (exact) mass is 505 g/mol. The number of cyclic esters (lactones) is 1. The van der Waals surface area contributed by atoms with Crippen molar-refractivity contribution < 1.29 is 28.9 Å². The first kappa shape index (κ1) is 22.6. The molecule has 0 spiro atoms. The van der Waals surface area contributed by atoms with Crippen molar-refractivity contribution in [3.8, 4) is 11.4 Å². The number of aliphatic hydroxyl groups is 2. The van der Waals surface area contributed by atoms with Crippen molar-refractivity contribution in [1.29, 1.82) is 0 Å². The number of hydrogen-bond donors (Lipinski definition) is 2. The highest BCUT2D eigenvalue weighted by Gasteiger charge is 2.45. The van der Waals surface area contributed by atoms with E-state index in [2.05, 4.69) is 0 Å². The molecule has 2 aromatic heterocycles. The van der Waals surface area contributed by atoms with E-state index in [0.29, 0.717) is 48.3 Å². The van der Waals surface area contributed by atoms with Gasteiger partial charge in [-0.2, -0.15) is 0 Å². The summed E-state index contributed by atoms with van der Waals surface area (Å²) in [7, 11) is 0. The second kappa shape index (κ2) is 7.23. The molecule has 10 heteroatoms. The number of likely N-dealkylation sites (tertiary alicyclic amines) is 1. The number of halogens is 1. The number of rotatable bonds is 1. The van der Waals surface area contributed by atoms with Crippen LogP contribution in [0.25, 0.3) is 22.3 Å². The van der Waals surface area contributed by atoms with Gasteiger partial charge in [0.15, 0.2) is 5.60 Å². The molecular weight excluding hydrogens is 481 g/mol. The second-order valence-electron chi connectivity index (χ2n) is 10.6. The van der Waals surface area contributed by atoms with Crippen molar-refractivity contribution in [3.63, 3.8) is 0 Å². The van der Waals surface area contributed by atoms with Gasteiger partial charge in [-0.1, -0.05) is 0 Å². The molecule has 190 valence electrons. The Morgan fingerprint density at radius 3 is 2.68 bits per heavy atom. The maximum atomic E-state index is 15.0. The third-order valence-electron chi connectivity index (χ3n) is 8.56. The van der Waals surface area contributed by atoms with Crippen molar-refractivity contribution in [1.82, 2.24) is 14.5 Å². The number of hydrogen-bond acceptors (Lipinski definition) is 7. The zero-order valence-corrected chi connectivity index (χ0v) is 20.3. The van der Waals surface area contributed by atoms with Crippen LogP contribution in [-0.4, -0.2) is 49.2 Å². The van der Waals surface area contributed by atoms with E-state index in [1.54, 1.807) is 17.9 Å². The molecule has 0 unspecified atom stereocenters. The Morgan fingerprint density at radius 2 is 1.95 bits per heavy atom. The van der Waals surface area contributed by atoms with E-state index >= 15 is 0 Å². The quantitative estimate of drug-likeness (QED) is 0.378. The molecule has 3 aromatic rings. The highest BCUT2D eigenvalue weighted by molar-refractivity contribution is 5.94. The Hall–Kier alpha value is -3.63. The summed E-state index contributed by atoms with van der Waals surface area (Å²) in [4.78, 5) is 45.2. The first-order valence-electron chi connectivity index (χ1n) is 12.4. The van der Waals surface area contributed by atoms with Gasteiger partial charge < -0.3 is 24.4 Å². The molecule has 2 N–H and O–H groups in total. The topological polar surface area (TPSA) is 122 Å². The summed E-state index contributed by atoms with van der Waals surface area (Å²) in [5, 5.41) is 21.8. The van der Waals surface area contributed by atoms with Crippen molar-refractivity contribution in [2.75, 3.05) is 6.54 Å². The number of carbonyl (C=O) groups excluding carboxylic acids is 2. The number of carbonyl (C=O) groups is 2. The van der Waals surface area contributed by atoms with Crippen LogP contribution in [0.15, 0.2) is 16.9 Å². The molecule has 3 aliphatic heterocycles. The van der Waals surface area contributed by atoms with E-state index in [4.69, 9.17) is 9.72 Å². The van der Waals surface area contributed by atoms with Gasteiger partial charge in [-0.3, -0.25) is 9.59 Å². The second-order valence-corrected chi connectivity index (χ2v) is 10.6. The molecule has 0 radical (unpaired) electrons.